The summed E-state index contributed by atoms with van der Waals surface area (Å²) in [6.07, 6.45) is 10.9. The van der Waals surface area contributed by atoms with E-state index in [2.05, 4.69) is 15.9 Å². The highest BCUT2D eigenvalue weighted by Gasteiger charge is 2.17. The topological polar surface area (TPSA) is 26.0 Å². The van der Waals surface area contributed by atoms with Crippen LogP contribution >= 0.6 is 32.9 Å². The molecule has 0 aromatic rings. The average Bonchev–Trinajstić information content (AvgIpc) is 2.15. The highest BCUT2D eigenvalue weighted by atomic mass is 79.9. The number of hydrogen-bond acceptors (Lipinski definition) is 1. The molecule has 1 fully saturated rings. The van der Waals surface area contributed by atoms with E-state index >= 15 is 0 Å². The van der Waals surface area contributed by atoms with E-state index in [0.29, 0.717) is 6.04 Å². The van der Waals surface area contributed by atoms with E-state index in [4.69, 9.17) is 5.73 Å². The normalized spacial score (nSPS) is 27.0. The van der Waals surface area contributed by atoms with Crippen LogP contribution in [0.15, 0.2) is 0 Å². The third kappa shape index (κ3) is 6.41. The van der Waals surface area contributed by atoms with Crippen molar-refractivity contribution in [2.24, 2.45) is 11.7 Å². The van der Waals surface area contributed by atoms with Crippen LogP contribution in [0.1, 0.15) is 51.4 Å². The molecule has 1 nitrogen and oxygen atoms in total. The van der Waals surface area contributed by atoms with Crippen molar-refractivity contribution in [3.05, 3.63) is 0 Å². The molecule has 0 spiro atoms. The zero-order valence-electron chi connectivity index (χ0n) is 8.88. The van der Waals surface area contributed by atoms with Gasteiger partial charge in [-0.2, -0.15) is 0 Å². The number of unbranched alkanes of at least 4 members (excludes halogenated alkanes) is 2. The van der Waals surface area contributed by atoms with Crippen molar-refractivity contribution < 1.29 is 0 Å². The molecule has 0 aliphatic heterocycles. The first-order chi connectivity index (χ1) is 6.33. The van der Waals surface area contributed by atoms with E-state index in [0.717, 1.165) is 5.92 Å². The Hall–Kier alpha value is 0.920. The van der Waals surface area contributed by atoms with Crippen molar-refractivity contribution in [1.82, 2.24) is 0 Å². The number of nitrogens with two attached hydrogens (primary N) is 1. The van der Waals surface area contributed by atoms with Gasteiger partial charge in [-0.05, 0) is 38.0 Å². The molecule has 0 unspecified atom stereocenters. The monoisotopic (exact) mass is 327 g/mol. The van der Waals surface area contributed by atoms with E-state index < -0.39 is 0 Å². The number of halogens is 2. The highest BCUT2D eigenvalue weighted by molar-refractivity contribution is 9.09. The van der Waals surface area contributed by atoms with Gasteiger partial charge in [0.05, 0.1) is 0 Å². The molecule has 0 radical (unpaired) electrons. The van der Waals surface area contributed by atoms with Crippen molar-refractivity contribution in [1.29, 1.82) is 0 Å². The molecule has 1 aliphatic rings. The summed E-state index contributed by atoms with van der Waals surface area (Å²) in [5.74, 6) is 0.995. The Morgan fingerprint density at radius 1 is 1.00 bits per heavy atom. The minimum Gasteiger partial charge on any atom is -0.328 e. The van der Waals surface area contributed by atoms with Crippen molar-refractivity contribution >= 4 is 32.9 Å². The van der Waals surface area contributed by atoms with Gasteiger partial charge in [0.1, 0.15) is 0 Å². The lowest BCUT2D eigenvalue weighted by Crippen LogP contribution is -2.26. The van der Waals surface area contributed by atoms with Crippen LogP contribution in [0.4, 0.5) is 0 Å². The molecule has 0 amide bonds. The fraction of sp³-hybridized carbons (Fsp3) is 1.00. The third-order valence-corrected chi connectivity index (χ3v) is 3.70. The van der Waals surface area contributed by atoms with Crippen LogP contribution < -0.4 is 5.73 Å². The van der Waals surface area contributed by atoms with Gasteiger partial charge in [0.2, 0.25) is 0 Å². The Morgan fingerprint density at radius 2 is 1.64 bits per heavy atom. The molecule has 86 valence electrons. The average molecular weight is 329 g/mol. The first-order valence-corrected chi connectivity index (χ1v) is 6.76. The van der Waals surface area contributed by atoms with Crippen molar-refractivity contribution in [3.63, 3.8) is 0 Å². The largest absolute Gasteiger partial charge is 0.328 e. The van der Waals surface area contributed by atoms with Crippen LogP contribution in [0.25, 0.3) is 0 Å². The second-order valence-corrected chi connectivity index (χ2v) is 5.11. The van der Waals surface area contributed by atoms with E-state index in [1.165, 1.54) is 56.7 Å². The summed E-state index contributed by atoms with van der Waals surface area (Å²) in [6.45, 7) is 0. The fourth-order valence-electron chi connectivity index (χ4n) is 2.18. The molecule has 0 aromatic carbocycles. The summed E-state index contributed by atoms with van der Waals surface area (Å²) in [6, 6.07) is 0.513. The third-order valence-electron chi connectivity index (χ3n) is 3.14. The van der Waals surface area contributed by atoms with Crippen LogP contribution in [0.2, 0.25) is 0 Å². The van der Waals surface area contributed by atoms with E-state index in [1.54, 1.807) is 0 Å². The Balaban J connectivity index is 0.00000169. The molecule has 1 rings (SSSR count). The molecule has 0 heterocycles. The maximum atomic E-state index is 5.87. The van der Waals surface area contributed by atoms with Gasteiger partial charge in [-0.15, -0.1) is 17.0 Å². The van der Waals surface area contributed by atoms with Crippen LogP contribution in [0.5, 0.6) is 0 Å². The fourth-order valence-corrected chi connectivity index (χ4v) is 2.58. The number of rotatable bonds is 5. The van der Waals surface area contributed by atoms with Crippen LogP contribution in [0, 0.1) is 5.92 Å². The van der Waals surface area contributed by atoms with Gasteiger partial charge in [-0.3, -0.25) is 0 Å². The van der Waals surface area contributed by atoms with Gasteiger partial charge < -0.3 is 5.73 Å². The summed E-state index contributed by atoms with van der Waals surface area (Å²) in [4.78, 5) is 0. The van der Waals surface area contributed by atoms with Crippen LogP contribution in [-0.2, 0) is 0 Å². The maximum absolute atomic E-state index is 5.87. The van der Waals surface area contributed by atoms with E-state index in [9.17, 15) is 0 Å². The van der Waals surface area contributed by atoms with Gasteiger partial charge in [-0.1, -0.05) is 35.2 Å². The predicted molar refractivity (Wildman–Crippen MR) is 72.5 cm³/mol. The molecule has 2 N–H and O–H groups in total. The van der Waals surface area contributed by atoms with Crippen molar-refractivity contribution in [2.75, 3.05) is 5.33 Å². The maximum Gasteiger partial charge on any atom is 0.00390 e. The lowest BCUT2D eigenvalue weighted by molar-refractivity contribution is 0.303. The summed E-state index contributed by atoms with van der Waals surface area (Å²) in [7, 11) is 0. The van der Waals surface area contributed by atoms with Crippen LogP contribution in [0.3, 0.4) is 0 Å². The lowest BCUT2D eigenvalue weighted by atomic mass is 9.83. The van der Waals surface area contributed by atoms with Crippen molar-refractivity contribution in [3.8, 4) is 0 Å². The lowest BCUT2D eigenvalue weighted by Gasteiger charge is -2.25. The molecular formula is C11H23Br2N. The molecule has 14 heavy (non-hydrogen) atoms. The van der Waals surface area contributed by atoms with Crippen LogP contribution in [-0.4, -0.2) is 11.4 Å². The zero-order valence-corrected chi connectivity index (χ0v) is 12.2. The zero-order chi connectivity index (χ0) is 9.52. The molecule has 0 atom stereocenters. The summed E-state index contributed by atoms with van der Waals surface area (Å²) in [5, 5.41) is 1.17. The molecule has 1 saturated carbocycles. The summed E-state index contributed by atoms with van der Waals surface area (Å²) in [5.41, 5.74) is 5.87. The van der Waals surface area contributed by atoms with Crippen molar-refractivity contribution in [2.45, 2.75) is 57.4 Å². The molecule has 0 bridgehead atoms. The van der Waals surface area contributed by atoms with E-state index in [-0.39, 0.29) is 17.0 Å². The Labute approximate surface area is 107 Å². The highest BCUT2D eigenvalue weighted by Crippen LogP contribution is 2.27. The van der Waals surface area contributed by atoms with Gasteiger partial charge in [0.15, 0.2) is 0 Å². The minimum atomic E-state index is 0. The SMILES string of the molecule is Br.NC1CCC(CCCCCBr)CC1. The second kappa shape index (κ2) is 9.17. The molecule has 0 aromatic heterocycles. The quantitative estimate of drug-likeness (QED) is 0.598. The molecule has 1 aliphatic carbocycles. The molecule has 3 heteroatoms. The smallest absolute Gasteiger partial charge is 0.00390 e. The van der Waals surface area contributed by atoms with Gasteiger partial charge in [0, 0.05) is 11.4 Å². The Morgan fingerprint density at radius 3 is 2.21 bits per heavy atom. The summed E-state index contributed by atoms with van der Waals surface area (Å²) < 4.78 is 0. The first kappa shape index (κ1) is 14.9. The molecular weight excluding hydrogens is 306 g/mol. The predicted octanol–water partition coefficient (Wildman–Crippen LogP) is 4.04. The van der Waals surface area contributed by atoms with Gasteiger partial charge in [-0.25, -0.2) is 0 Å². The van der Waals surface area contributed by atoms with E-state index in [1.807, 2.05) is 0 Å². The number of hydrogen-bond donors (Lipinski definition) is 1. The standard InChI is InChI=1S/C11H22BrN.BrH/c12-9-3-1-2-4-10-5-7-11(13)8-6-10;/h10-11H,1-9,13H2;1H. The first-order valence-electron chi connectivity index (χ1n) is 5.64. The second-order valence-electron chi connectivity index (χ2n) is 4.32. The number of alkyl halides is 1. The minimum absolute atomic E-state index is 0. The molecule has 0 saturated heterocycles. The van der Waals surface area contributed by atoms with Gasteiger partial charge >= 0.3 is 0 Å². The van der Waals surface area contributed by atoms with Gasteiger partial charge in [0.25, 0.3) is 0 Å². The Kier molecular flexibility index (Phi) is 9.77. The Bertz CT molecular complexity index is 122. The summed E-state index contributed by atoms with van der Waals surface area (Å²) >= 11 is 3.47.